The number of aryl methyl sites for hydroxylation is 3. The molecule has 0 bridgehead atoms. The monoisotopic (exact) mass is 337 g/mol. The summed E-state index contributed by atoms with van der Waals surface area (Å²) in [6.45, 7) is 5.87. The highest BCUT2D eigenvalue weighted by molar-refractivity contribution is 5.94. The molecule has 2 aromatic carbocycles. The summed E-state index contributed by atoms with van der Waals surface area (Å²) in [6.07, 6.45) is 1.80. The van der Waals surface area contributed by atoms with E-state index in [2.05, 4.69) is 15.8 Å². The van der Waals surface area contributed by atoms with E-state index in [9.17, 15) is 9.59 Å². The molecule has 0 aromatic heterocycles. The summed E-state index contributed by atoms with van der Waals surface area (Å²) < 4.78 is 0. The lowest BCUT2D eigenvalue weighted by molar-refractivity contribution is -0.124. The highest BCUT2D eigenvalue weighted by Gasteiger charge is 2.08. The van der Waals surface area contributed by atoms with Gasteiger partial charge in [-0.15, -0.1) is 0 Å². The van der Waals surface area contributed by atoms with Crippen LogP contribution in [0.15, 0.2) is 47.6 Å². The van der Waals surface area contributed by atoms with Gasteiger partial charge in [0.05, 0.1) is 6.21 Å². The normalized spacial score (nSPS) is 10.7. The first kappa shape index (κ1) is 18.4. The SMILES string of the molecule is Cc1ccc(C)c(NC(=O)CCC(=O)NN=Cc2ccccc2C)c1. The van der Waals surface area contributed by atoms with Crippen LogP contribution in [0.4, 0.5) is 5.69 Å². The predicted octanol–water partition coefficient (Wildman–Crippen LogP) is 3.48. The lowest BCUT2D eigenvalue weighted by Gasteiger charge is -2.09. The maximum absolute atomic E-state index is 12.0. The van der Waals surface area contributed by atoms with Gasteiger partial charge >= 0.3 is 0 Å². The van der Waals surface area contributed by atoms with Crippen LogP contribution in [-0.4, -0.2) is 18.0 Å². The molecule has 0 unspecified atom stereocenters. The molecule has 2 rings (SSSR count). The van der Waals surface area contributed by atoms with Crippen LogP contribution >= 0.6 is 0 Å². The fourth-order valence-electron chi connectivity index (χ4n) is 2.27. The average molecular weight is 337 g/mol. The number of hydrazone groups is 1. The minimum absolute atomic E-state index is 0.0851. The lowest BCUT2D eigenvalue weighted by Crippen LogP contribution is -2.21. The lowest BCUT2D eigenvalue weighted by atomic mass is 10.1. The van der Waals surface area contributed by atoms with Crippen molar-refractivity contribution in [3.8, 4) is 0 Å². The molecule has 2 amide bonds. The first-order valence-corrected chi connectivity index (χ1v) is 8.20. The molecule has 5 heteroatoms. The molecule has 5 nitrogen and oxygen atoms in total. The van der Waals surface area contributed by atoms with Gasteiger partial charge in [-0.3, -0.25) is 9.59 Å². The largest absolute Gasteiger partial charge is 0.326 e. The maximum Gasteiger partial charge on any atom is 0.240 e. The van der Waals surface area contributed by atoms with E-state index in [0.717, 1.165) is 27.9 Å². The summed E-state index contributed by atoms with van der Waals surface area (Å²) in [5, 5.41) is 6.77. The highest BCUT2D eigenvalue weighted by Crippen LogP contribution is 2.16. The fraction of sp³-hybridized carbons (Fsp3) is 0.250. The number of benzene rings is 2. The number of hydrogen-bond donors (Lipinski definition) is 2. The summed E-state index contributed by atoms with van der Waals surface area (Å²) in [7, 11) is 0. The van der Waals surface area contributed by atoms with E-state index in [1.165, 1.54) is 0 Å². The van der Waals surface area contributed by atoms with Gasteiger partial charge in [0.15, 0.2) is 0 Å². The second-order valence-electron chi connectivity index (χ2n) is 6.02. The zero-order chi connectivity index (χ0) is 18.2. The van der Waals surface area contributed by atoms with Crippen LogP contribution in [-0.2, 0) is 9.59 Å². The predicted molar refractivity (Wildman–Crippen MR) is 101 cm³/mol. The van der Waals surface area contributed by atoms with E-state index < -0.39 is 0 Å². The Bertz CT molecular complexity index is 797. The van der Waals surface area contributed by atoms with Crippen LogP contribution in [0.5, 0.6) is 0 Å². The van der Waals surface area contributed by atoms with Gasteiger partial charge in [-0.05, 0) is 49.1 Å². The standard InChI is InChI=1S/C20H23N3O2/c1-14-8-9-16(3)18(12-14)22-19(24)10-11-20(25)23-21-13-17-7-5-4-6-15(17)2/h4-9,12-13H,10-11H2,1-3H3,(H,22,24)(H,23,25). The molecule has 0 saturated heterocycles. The van der Waals surface area contributed by atoms with Crippen molar-refractivity contribution in [3.63, 3.8) is 0 Å². The molecule has 0 heterocycles. The van der Waals surface area contributed by atoms with Crippen LogP contribution in [0.3, 0.4) is 0 Å². The Morgan fingerprint density at radius 1 is 0.960 bits per heavy atom. The van der Waals surface area contributed by atoms with Gasteiger partial charge in [0.1, 0.15) is 0 Å². The van der Waals surface area contributed by atoms with Gasteiger partial charge in [-0.2, -0.15) is 5.10 Å². The van der Waals surface area contributed by atoms with Crippen molar-refractivity contribution in [1.29, 1.82) is 0 Å². The average Bonchev–Trinajstić information content (AvgIpc) is 2.58. The number of anilines is 1. The van der Waals surface area contributed by atoms with E-state index in [1.54, 1.807) is 6.21 Å². The molecule has 0 aliphatic carbocycles. The molecule has 2 N–H and O–H groups in total. The maximum atomic E-state index is 12.0. The second-order valence-corrected chi connectivity index (χ2v) is 6.02. The zero-order valence-corrected chi connectivity index (χ0v) is 14.8. The van der Waals surface area contributed by atoms with Crippen molar-refractivity contribution in [3.05, 3.63) is 64.7 Å². The third-order valence-electron chi connectivity index (χ3n) is 3.83. The van der Waals surface area contributed by atoms with E-state index in [0.29, 0.717) is 0 Å². The van der Waals surface area contributed by atoms with Crippen LogP contribution in [0, 0.1) is 20.8 Å². The first-order valence-electron chi connectivity index (χ1n) is 8.20. The van der Waals surface area contributed by atoms with Gasteiger partial charge < -0.3 is 5.32 Å². The summed E-state index contributed by atoms with van der Waals surface area (Å²) in [6, 6.07) is 13.6. The molecule has 0 aliphatic rings. The molecule has 0 aliphatic heterocycles. The number of rotatable bonds is 6. The summed E-state index contributed by atoms with van der Waals surface area (Å²) in [4.78, 5) is 23.8. The van der Waals surface area contributed by atoms with Crippen LogP contribution in [0.1, 0.15) is 35.1 Å². The molecule has 25 heavy (non-hydrogen) atoms. The van der Waals surface area contributed by atoms with Crippen molar-refractivity contribution in [1.82, 2.24) is 5.43 Å². The number of carbonyl (C=O) groups is 2. The molecule has 0 fully saturated rings. The number of nitrogens with zero attached hydrogens (tertiary/aromatic N) is 1. The minimum Gasteiger partial charge on any atom is -0.326 e. The van der Waals surface area contributed by atoms with Crippen molar-refractivity contribution in [2.24, 2.45) is 5.10 Å². The molecule has 2 aromatic rings. The van der Waals surface area contributed by atoms with E-state index in [1.807, 2.05) is 63.2 Å². The van der Waals surface area contributed by atoms with Gasteiger partial charge in [0.2, 0.25) is 11.8 Å². The first-order chi connectivity index (χ1) is 12.0. The Labute approximate surface area is 148 Å². The van der Waals surface area contributed by atoms with Crippen molar-refractivity contribution >= 4 is 23.7 Å². The molecule has 0 spiro atoms. The Hall–Kier alpha value is -2.95. The molecular weight excluding hydrogens is 314 g/mol. The topological polar surface area (TPSA) is 70.6 Å². The quantitative estimate of drug-likeness (QED) is 0.626. The summed E-state index contributed by atoms with van der Waals surface area (Å²) in [5.74, 6) is -0.479. The Morgan fingerprint density at radius 3 is 2.44 bits per heavy atom. The molecule has 130 valence electrons. The van der Waals surface area contributed by atoms with Gasteiger partial charge in [-0.25, -0.2) is 5.43 Å². The van der Waals surface area contributed by atoms with Crippen molar-refractivity contribution in [2.75, 3.05) is 5.32 Å². The van der Waals surface area contributed by atoms with Gasteiger partial charge in [0, 0.05) is 18.5 Å². The van der Waals surface area contributed by atoms with Crippen LogP contribution in [0.2, 0.25) is 0 Å². The smallest absolute Gasteiger partial charge is 0.240 e. The zero-order valence-electron chi connectivity index (χ0n) is 14.8. The van der Waals surface area contributed by atoms with Crippen molar-refractivity contribution < 1.29 is 9.59 Å². The molecule has 0 saturated carbocycles. The Balaban J connectivity index is 1.78. The van der Waals surface area contributed by atoms with E-state index >= 15 is 0 Å². The Morgan fingerprint density at radius 2 is 1.68 bits per heavy atom. The third kappa shape index (κ3) is 5.88. The van der Waals surface area contributed by atoms with E-state index in [4.69, 9.17) is 0 Å². The summed E-state index contributed by atoms with van der Waals surface area (Å²) in [5.41, 5.74) is 7.31. The fourth-order valence-corrected chi connectivity index (χ4v) is 2.27. The molecule has 0 radical (unpaired) electrons. The van der Waals surface area contributed by atoms with E-state index in [-0.39, 0.29) is 24.7 Å². The third-order valence-corrected chi connectivity index (χ3v) is 3.83. The second kappa shape index (κ2) is 8.78. The summed E-state index contributed by atoms with van der Waals surface area (Å²) >= 11 is 0. The van der Waals surface area contributed by atoms with Gasteiger partial charge in [0.25, 0.3) is 0 Å². The molecule has 0 atom stereocenters. The van der Waals surface area contributed by atoms with Crippen LogP contribution < -0.4 is 10.7 Å². The number of hydrogen-bond acceptors (Lipinski definition) is 3. The Kier molecular flexibility index (Phi) is 6.46. The molecular formula is C20H23N3O2. The number of amides is 2. The highest BCUT2D eigenvalue weighted by atomic mass is 16.2. The number of carbonyl (C=O) groups excluding carboxylic acids is 2. The minimum atomic E-state index is -0.291. The van der Waals surface area contributed by atoms with Gasteiger partial charge in [-0.1, -0.05) is 36.4 Å². The van der Waals surface area contributed by atoms with Crippen molar-refractivity contribution in [2.45, 2.75) is 33.6 Å². The van der Waals surface area contributed by atoms with Crippen LogP contribution in [0.25, 0.3) is 0 Å². The number of nitrogens with one attached hydrogen (secondary N) is 2.